The molecule has 1 fully saturated rings. The van der Waals surface area contributed by atoms with Gasteiger partial charge in [0.15, 0.2) is 5.60 Å². The number of likely N-dealkylation sites (tertiary alicyclic amines) is 1. The number of hydrogen-bond donors (Lipinski definition) is 1. The van der Waals surface area contributed by atoms with E-state index >= 15 is 0 Å². The normalized spacial score (nSPS) is 31.2. The number of halogens is 3. The van der Waals surface area contributed by atoms with Gasteiger partial charge in [-0.25, -0.2) is 0 Å². The second-order valence-corrected chi connectivity index (χ2v) is 4.55. The first-order valence-corrected chi connectivity index (χ1v) is 5.20. The van der Waals surface area contributed by atoms with Gasteiger partial charge in [-0.1, -0.05) is 6.92 Å². The van der Waals surface area contributed by atoms with Gasteiger partial charge in [-0.05, 0) is 35.3 Å². The van der Waals surface area contributed by atoms with Crippen molar-refractivity contribution in [3.8, 4) is 0 Å². The Labute approximate surface area is 85.0 Å². The lowest BCUT2D eigenvalue weighted by Gasteiger charge is -2.27. The van der Waals surface area contributed by atoms with Crippen molar-refractivity contribution in [3.05, 3.63) is 0 Å². The fraction of sp³-hybridized carbons (Fsp3) is 1.00. The van der Waals surface area contributed by atoms with E-state index in [-0.39, 0.29) is 13.0 Å². The van der Waals surface area contributed by atoms with E-state index in [9.17, 15) is 13.9 Å². The van der Waals surface area contributed by atoms with Gasteiger partial charge in [-0.3, -0.25) is 0 Å². The van der Waals surface area contributed by atoms with Gasteiger partial charge in [-0.2, -0.15) is 8.78 Å². The van der Waals surface area contributed by atoms with E-state index in [0.717, 1.165) is 13.0 Å². The van der Waals surface area contributed by atoms with Crippen LogP contribution < -0.4 is 0 Å². The minimum absolute atomic E-state index is 0.0547. The summed E-state index contributed by atoms with van der Waals surface area (Å²) in [6.07, 6.45) is 1.05. The van der Waals surface area contributed by atoms with Crippen molar-refractivity contribution >= 4 is 15.9 Å². The van der Waals surface area contributed by atoms with E-state index in [1.807, 2.05) is 11.8 Å². The van der Waals surface area contributed by atoms with E-state index in [0.29, 0.717) is 6.54 Å². The number of aliphatic hydroxyl groups is 1. The second-order valence-electron chi connectivity index (χ2n) is 3.56. The van der Waals surface area contributed by atoms with Crippen molar-refractivity contribution in [1.82, 2.24) is 4.90 Å². The van der Waals surface area contributed by atoms with Gasteiger partial charge >= 0.3 is 4.83 Å². The quantitative estimate of drug-likeness (QED) is 0.780. The summed E-state index contributed by atoms with van der Waals surface area (Å²) in [5.41, 5.74) is -1.89. The maximum atomic E-state index is 12.9. The highest BCUT2D eigenvalue weighted by molar-refractivity contribution is 9.10. The topological polar surface area (TPSA) is 23.5 Å². The monoisotopic (exact) mass is 257 g/mol. The van der Waals surface area contributed by atoms with E-state index in [1.165, 1.54) is 0 Å². The summed E-state index contributed by atoms with van der Waals surface area (Å²) >= 11 is 2.23. The van der Waals surface area contributed by atoms with Gasteiger partial charge in [0, 0.05) is 13.1 Å². The Hall–Kier alpha value is 0.260. The number of nitrogens with zero attached hydrogens (tertiary/aromatic N) is 1. The Balaban J connectivity index is 2.56. The lowest BCUT2D eigenvalue weighted by molar-refractivity contribution is -0.107. The van der Waals surface area contributed by atoms with Gasteiger partial charge in [-0.15, -0.1) is 0 Å². The Morgan fingerprint density at radius 1 is 1.62 bits per heavy atom. The van der Waals surface area contributed by atoms with Crippen molar-refractivity contribution < 1.29 is 13.9 Å². The standard InChI is InChI=1S/C8H14BrF2NO/c1-2-4-12-5-3-7(13,6-12)8(9,10)11/h13H,2-6H2,1H3. The molecule has 1 aliphatic rings. The Morgan fingerprint density at radius 3 is 2.62 bits per heavy atom. The molecular formula is C8H14BrF2NO. The fourth-order valence-corrected chi connectivity index (χ4v) is 1.93. The number of hydrogen-bond acceptors (Lipinski definition) is 2. The molecule has 0 aromatic carbocycles. The minimum Gasteiger partial charge on any atom is -0.381 e. The van der Waals surface area contributed by atoms with Crippen molar-refractivity contribution in [2.75, 3.05) is 19.6 Å². The van der Waals surface area contributed by atoms with Crippen molar-refractivity contribution in [1.29, 1.82) is 0 Å². The molecule has 5 heteroatoms. The number of β-amino-alcohol motifs (C(OH)–C–C–N with tert-alkyl or cyclic N) is 1. The van der Waals surface area contributed by atoms with E-state index in [4.69, 9.17) is 0 Å². The number of alkyl halides is 3. The maximum Gasteiger partial charge on any atom is 0.330 e. The van der Waals surface area contributed by atoms with Gasteiger partial charge in [0.05, 0.1) is 0 Å². The molecule has 0 bridgehead atoms. The Bertz CT molecular complexity index is 185. The molecule has 0 amide bonds. The lowest BCUT2D eigenvalue weighted by Crippen LogP contribution is -2.46. The van der Waals surface area contributed by atoms with Crippen LogP contribution >= 0.6 is 15.9 Å². The molecule has 1 heterocycles. The summed E-state index contributed by atoms with van der Waals surface area (Å²) in [5, 5.41) is 9.59. The maximum absolute atomic E-state index is 12.9. The van der Waals surface area contributed by atoms with Crippen LogP contribution in [0.1, 0.15) is 19.8 Å². The SMILES string of the molecule is CCCN1CCC(O)(C(F)(F)Br)C1. The highest BCUT2D eigenvalue weighted by atomic mass is 79.9. The lowest BCUT2D eigenvalue weighted by atomic mass is 10.1. The molecule has 0 saturated carbocycles. The molecule has 2 nitrogen and oxygen atoms in total. The summed E-state index contributed by atoms with van der Waals surface area (Å²) in [7, 11) is 0. The first-order chi connectivity index (χ1) is 5.89. The molecule has 0 aliphatic carbocycles. The highest BCUT2D eigenvalue weighted by Crippen LogP contribution is 2.40. The second kappa shape index (κ2) is 3.79. The van der Waals surface area contributed by atoms with Gasteiger partial charge in [0.25, 0.3) is 0 Å². The molecule has 1 saturated heterocycles. The van der Waals surface area contributed by atoms with Gasteiger partial charge < -0.3 is 10.0 Å². The van der Waals surface area contributed by atoms with Crippen LogP contribution in [0.15, 0.2) is 0 Å². The molecule has 13 heavy (non-hydrogen) atoms. The van der Waals surface area contributed by atoms with Crippen LogP contribution in [0.5, 0.6) is 0 Å². The molecule has 78 valence electrons. The highest BCUT2D eigenvalue weighted by Gasteiger charge is 2.54. The summed E-state index contributed by atoms with van der Waals surface area (Å²) in [6.45, 7) is 3.36. The zero-order valence-electron chi connectivity index (χ0n) is 7.56. The van der Waals surface area contributed by atoms with Crippen LogP contribution in [-0.2, 0) is 0 Å². The zero-order chi connectivity index (χ0) is 10.1. The van der Waals surface area contributed by atoms with E-state index in [2.05, 4.69) is 15.9 Å². The molecule has 1 aliphatic heterocycles. The van der Waals surface area contributed by atoms with E-state index < -0.39 is 10.4 Å². The molecule has 1 atom stereocenters. The van der Waals surface area contributed by atoms with Gasteiger partial charge in [0.2, 0.25) is 0 Å². The molecule has 1 rings (SSSR count). The van der Waals surface area contributed by atoms with Crippen LogP contribution in [0, 0.1) is 0 Å². The Kier molecular flexibility index (Phi) is 3.30. The van der Waals surface area contributed by atoms with Crippen molar-refractivity contribution in [2.24, 2.45) is 0 Å². The van der Waals surface area contributed by atoms with Crippen molar-refractivity contribution in [3.63, 3.8) is 0 Å². The third kappa shape index (κ3) is 2.39. The fourth-order valence-electron chi connectivity index (χ4n) is 1.61. The van der Waals surface area contributed by atoms with Gasteiger partial charge in [0.1, 0.15) is 0 Å². The predicted molar refractivity (Wildman–Crippen MR) is 50.2 cm³/mol. The first-order valence-electron chi connectivity index (χ1n) is 4.40. The average molecular weight is 258 g/mol. The molecule has 1 N–H and O–H groups in total. The summed E-state index contributed by atoms with van der Waals surface area (Å²) < 4.78 is 25.7. The third-order valence-electron chi connectivity index (χ3n) is 2.39. The largest absolute Gasteiger partial charge is 0.381 e. The van der Waals surface area contributed by atoms with E-state index in [1.54, 1.807) is 0 Å². The average Bonchev–Trinajstić information content (AvgIpc) is 2.32. The summed E-state index contributed by atoms with van der Waals surface area (Å²) in [6, 6.07) is 0. The van der Waals surface area contributed by atoms with Crippen LogP contribution in [0.3, 0.4) is 0 Å². The number of rotatable bonds is 3. The third-order valence-corrected chi connectivity index (χ3v) is 3.13. The summed E-state index contributed by atoms with van der Waals surface area (Å²) in [4.78, 5) is -1.32. The van der Waals surface area contributed by atoms with Crippen LogP contribution in [0.2, 0.25) is 0 Å². The molecule has 0 aromatic rings. The molecule has 0 aromatic heterocycles. The van der Waals surface area contributed by atoms with Crippen LogP contribution in [-0.4, -0.2) is 40.1 Å². The molecule has 1 unspecified atom stereocenters. The Morgan fingerprint density at radius 2 is 2.23 bits per heavy atom. The first kappa shape index (κ1) is 11.3. The van der Waals surface area contributed by atoms with Crippen molar-refractivity contribution in [2.45, 2.75) is 30.2 Å². The minimum atomic E-state index is -3.18. The smallest absolute Gasteiger partial charge is 0.330 e. The van der Waals surface area contributed by atoms with Crippen LogP contribution in [0.4, 0.5) is 8.78 Å². The van der Waals surface area contributed by atoms with Crippen LogP contribution in [0.25, 0.3) is 0 Å². The molecular weight excluding hydrogens is 244 g/mol. The zero-order valence-corrected chi connectivity index (χ0v) is 9.15. The summed E-state index contributed by atoms with van der Waals surface area (Å²) in [5.74, 6) is 0. The predicted octanol–water partition coefficient (Wildman–Crippen LogP) is 1.82. The molecule has 0 radical (unpaired) electrons. The molecule has 0 spiro atoms.